The molecular weight excluding hydrogens is 248 g/mol. The van der Waals surface area contributed by atoms with E-state index in [1.165, 1.54) is 4.88 Å². The predicted molar refractivity (Wildman–Crippen MR) is 72.5 cm³/mol. The van der Waals surface area contributed by atoms with Crippen LogP contribution in [0.25, 0.3) is 10.6 Å². The Kier molecular flexibility index (Phi) is 4.92. The minimum absolute atomic E-state index is 0.553. The summed E-state index contributed by atoms with van der Waals surface area (Å²) < 4.78 is 10.3. The van der Waals surface area contributed by atoms with Crippen molar-refractivity contribution in [3.05, 3.63) is 29.2 Å². The van der Waals surface area contributed by atoms with Gasteiger partial charge in [-0.15, -0.1) is 11.3 Å². The van der Waals surface area contributed by atoms with Gasteiger partial charge in [-0.3, -0.25) is 0 Å². The van der Waals surface area contributed by atoms with Crippen LogP contribution in [-0.4, -0.2) is 18.6 Å². The fourth-order valence-corrected chi connectivity index (χ4v) is 2.68. The summed E-state index contributed by atoms with van der Waals surface area (Å²) in [5, 5.41) is 4.39. The Bertz CT molecular complexity index is 465. The maximum Gasteiger partial charge on any atom is 0.127 e. The Morgan fingerprint density at radius 2 is 2.39 bits per heavy atom. The van der Waals surface area contributed by atoms with Crippen molar-refractivity contribution in [1.29, 1.82) is 0 Å². The van der Waals surface area contributed by atoms with E-state index >= 15 is 0 Å². The molecule has 2 aromatic heterocycles. The van der Waals surface area contributed by atoms with Crippen LogP contribution in [0.3, 0.4) is 0 Å². The van der Waals surface area contributed by atoms with Crippen molar-refractivity contribution in [3.63, 3.8) is 0 Å². The monoisotopic (exact) mass is 266 g/mol. The first kappa shape index (κ1) is 13.3. The molecule has 2 rings (SSSR count). The van der Waals surface area contributed by atoms with Gasteiger partial charge in [0.2, 0.25) is 0 Å². The predicted octanol–water partition coefficient (Wildman–Crippen LogP) is 3.05. The minimum Gasteiger partial charge on any atom is -0.472 e. The summed E-state index contributed by atoms with van der Waals surface area (Å²) in [6.07, 6.45) is 4.52. The normalized spacial score (nSPS) is 11.0. The highest BCUT2D eigenvalue weighted by Crippen LogP contribution is 2.28. The Morgan fingerprint density at radius 3 is 3.06 bits per heavy atom. The van der Waals surface area contributed by atoms with Gasteiger partial charge < -0.3 is 14.5 Å². The highest BCUT2D eigenvalue weighted by molar-refractivity contribution is 7.15. The number of ether oxygens (including phenoxy) is 1. The first-order chi connectivity index (χ1) is 8.85. The summed E-state index contributed by atoms with van der Waals surface area (Å²) in [5.74, 6) is 0. The lowest BCUT2D eigenvalue weighted by molar-refractivity contribution is 0.181. The van der Waals surface area contributed by atoms with Crippen LogP contribution in [0, 0.1) is 0 Å². The van der Waals surface area contributed by atoms with E-state index in [0.29, 0.717) is 6.61 Å². The van der Waals surface area contributed by atoms with Gasteiger partial charge >= 0.3 is 0 Å². The fourth-order valence-electron chi connectivity index (χ4n) is 1.66. The van der Waals surface area contributed by atoms with E-state index in [2.05, 4.69) is 17.2 Å². The third-order valence-corrected chi connectivity index (χ3v) is 3.69. The van der Waals surface area contributed by atoms with Gasteiger partial charge in [0, 0.05) is 24.1 Å². The number of thiazole rings is 1. The molecule has 0 saturated heterocycles. The van der Waals surface area contributed by atoms with E-state index in [0.717, 1.165) is 35.8 Å². The van der Waals surface area contributed by atoms with E-state index in [9.17, 15) is 0 Å². The second-order valence-corrected chi connectivity index (χ2v) is 5.09. The Morgan fingerprint density at radius 1 is 1.50 bits per heavy atom. The van der Waals surface area contributed by atoms with Crippen LogP contribution in [0.2, 0.25) is 0 Å². The molecule has 18 heavy (non-hydrogen) atoms. The second kappa shape index (κ2) is 6.68. The van der Waals surface area contributed by atoms with Crippen molar-refractivity contribution < 1.29 is 9.15 Å². The third kappa shape index (κ3) is 3.19. The zero-order valence-electron chi connectivity index (χ0n) is 10.7. The molecule has 0 fully saturated rings. The van der Waals surface area contributed by atoms with Gasteiger partial charge in [0.15, 0.2) is 0 Å². The van der Waals surface area contributed by atoms with Crippen molar-refractivity contribution in [1.82, 2.24) is 10.3 Å². The van der Waals surface area contributed by atoms with E-state index in [1.807, 2.05) is 6.07 Å². The van der Waals surface area contributed by atoms with E-state index < -0.39 is 0 Å². The van der Waals surface area contributed by atoms with Gasteiger partial charge in [0.25, 0.3) is 0 Å². The number of rotatable bonds is 7. The molecule has 0 aliphatic heterocycles. The number of nitrogens with one attached hydrogen (secondary N) is 1. The Hall–Kier alpha value is -1.17. The standard InChI is InChI=1S/C13H18N2O2S/c1-3-5-14-7-12-11(9-16-2)15-13(18-12)10-4-6-17-8-10/h4,6,8,14H,3,5,7,9H2,1-2H3. The molecule has 0 bridgehead atoms. The van der Waals surface area contributed by atoms with Gasteiger partial charge in [-0.1, -0.05) is 6.92 Å². The summed E-state index contributed by atoms with van der Waals surface area (Å²) in [7, 11) is 1.69. The molecular formula is C13H18N2O2S. The molecule has 0 aliphatic rings. The first-order valence-corrected chi connectivity index (χ1v) is 6.87. The molecule has 0 saturated carbocycles. The molecule has 0 aromatic carbocycles. The largest absolute Gasteiger partial charge is 0.472 e. The lowest BCUT2D eigenvalue weighted by atomic mass is 10.3. The Labute approximate surface area is 111 Å². The van der Waals surface area contributed by atoms with Crippen molar-refractivity contribution in [2.75, 3.05) is 13.7 Å². The first-order valence-electron chi connectivity index (χ1n) is 6.06. The number of methoxy groups -OCH3 is 1. The Balaban J connectivity index is 2.15. The molecule has 2 heterocycles. The number of nitrogens with zero attached hydrogens (tertiary/aromatic N) is 1. The van der Waals surface area contributed by atoms with Crippen LogP contribution in [-0.2, 0) is 17.9 Å². The average Bonchev–Trinajstić information content (AvgIpc) is 2.99. The molecule has 1 N–H and O–H groups in total. The minimum atomic E-state index is 0.553. The van der Waals surface area contributed by atoms with Gasteiger partial charge in [0.05, 0.1) is 18.6 Å². The number of furan rings is 1. The lowest BCUT2D eigenvalue weighted by Crippen LogP contribution is -2.14. The summed E-state index contributed by atoms with van der Waals surface area (Å²) in [6.45, 7) is 4.58. The maximum absolute atomic E-state index is 5.20. The number of aromatic nitrogens is 1. The van der Waals surface area contributed by atoms with Crippen molar-refractivity contribution in [2.24, 2.45) is 0 Å². The molecule has 0 amide bonds. The van der Waals surface area contributed by atoms with Gasteiger partial charge in [0.1, 0.15) is 11.3 Å². The van der Waals surface area contributed by atoms with Gasteiger partial charge in [-0.2, -0.15) is 0 Å². The van der Waals surface area contributed by atoms with Gasteiger partial charge in [-0.25, -0.2) is 4.98 Å². The summed E-state index contributed by atoms with van der Waals surface area (Å²) >= 11 is 1.69. The SMILES string of the molecule is CCCNCc1sc(-c2ccoc2)nc1COC. The average molecular weight is 266 g/mol. The fraction of sp³-hybridized carbons (Fsp3) is 0.462. The molecule has 5 heteroatoms. The van der Waals surface area contributed by atoms with E-state index in [-0.39, 0.29) is 0 Å². The molecule has 2 aromatic rings. The molecule has 0 unspecified atom stereocenters. The van der Waals surface area contributed by atoms with E-state index in [4.69, 9.17) is 9.15 Å². The second-order valence-electron chi connectivity index (χ2n) is 4.01. The van der Waals surface area contributed by atoms with Crippen LogP contribution in [0.4, 0.5) is 0 Å². The number of hydrogen-bond donors (Lipinski definition) is 1. The van der Waals surface area contributed by atoms with E-state index in [1.54, 1.807) is 31.0 Å². The molecule has 0 atom stereocenters. The molecule has 0 spiro atoms. The van der Waals surface area contributed by atoms with Crippen LogP contribution in [0.1, 0.15) is 23.9 Å². The molecule has 4 nitrogen and oxygen atoms in total. The lowest BCUT2D eigenvalue weighted by Gasteiger charge is -2.02. The van der Waals surface area contributed by atoms with Crippen LogP contribution >= 0.6 is 11.3 Å². The smallest absolute Gasteiger partial charge is 0.127 e. The maximum atomic E-state index is 5.20. The number of hydrogen-bond acceptors (Lipinski definition) is 5. The highest BCUT2D eigenvalue weighted by atomic mass is 32.1. The summed E-state index contributed by atoms with van der Waals surface area (Å²) in [6, 6.07) is 1.93. The summed E-state index contributed by atoms with van der Waals surface area (Å²) in [5.41, 5.74) is 2.04. The van der Waals surface area contributed by atoms with Crippen molar-refractivity contribution in [2.45, 2.75) is 26.5 Å². The van der Waals surface area contributed by atoms with Crippen molar-refractivity contribution in [3.8, 4) is 10.6 Å². The quantitative estimate of drug-likeness (QED) is 0.782. The molecule has 0 radical (unpaired) electrons. The van der Waals surface area contributed by atoms with Crippen LogP contribution < -0.4 is 5.32 Å². The zero-order chi connectivity index (χ0) is 12.8. The molecule has 98 valence electrons. The zero-order valence-corrected chi connectivity index (χ0v) is 11.5. The third-order valence-electron chi connectivity index (χ3n) is 2.54. The van der Waals surface area contributed by atoms with Crippen molar-refractivity contribution >= 4 is 11.3 Å². The van der Waals surface area contributed by atoms with Crippen LogP contribution in [0.15, 0.2) is 23.0 Å². The highest BCUT2D eigenvalue weighted by Gasteiger charge is 2.12. The molecule has 0 aliphatic carbocycles. The topological polar surface area (TPSA) is 47.3 Å². The van der Waals surface area contributed by atoms with Gasteiger partial charge in [-0.05, 0) is 19.0 Å². The summed E-state index contributed by atoms with van der Waals surface area (Å²) in [4.78, 5) is 5.85. The van der Waals surface area contributed by atoms with Crippen LogP contribution in [0.5, 0.6) is 0 Å².